The van der Waals surface area contributed by atoms with Gasteiger partial charge in [0.2, 0.25) is 0 Å². The van der Waals surface area contributed by atoms with E-state index in [9.17, 15) is 4.79 Å². The maximum Gasteiger partial charge on any atom is 0.251 e. The lowest BCUT2D eigenvalue weighted by Gasteiger charge is -2.36. The minimum atomic E-state index is -0.0963. The topological polar surface area (TPSA) is 74.0 Å². The third kappa shape index (κ3) is 6.27. The van der Waals surface area contributed by atoms with E-state index in [1.807, 2.05) is 42.5 Å². The molecule has 0 saturated carbocycles. The van der Waals surface area contributed by atoms with Gasteiger partial charge in [0.1, 0.15) is 0 Å². The van der Waals surface area contributed by atoms with Crippen LogP contribution in [0.25, 0.3) is 0 Å². The SMILES string of the molecule is I.NC(=NCCNC(=O)c1ccccc1)N1CCN(c2ccc(Cl)cc2)CC1. The van der Waals surface area contributed by atoms with Crippen LogP contribution in [0.3, 0.4) is 0 Å². The molecule has 1 aliphatic heterocycles. The zero-order valence-corrected chi connectivity index (χ0v) is 18.6. The molecule has 150 valence electrons. The number of anilines is 1. The van der Waals surface area contributed by atoms with Crippen LogP contribution in [0.15, 0.2) is 59.6 Å². The summed E-state index contributed by atoms with van der Waals surface area (Å²) in [5.41, 5.74) is 7.92. The van der Waals surface area contributed by atoms with Crippen molar-refractivity contribution < 1.29 is 4.79 Å². The normalized spacial score (nSPS) is 14.4. The Labute approximate surface area is 187 Å². The van der Waals surface area contributed by atoms with Gasteiger partial charge in [-0.05, 0) is 36.4 Å². The lowest BCUT2D eigenvalue weighted by atomic mass is 10.2. The second-order valence-corrected chi connectivity index (χ2v) is 6.75. The van der Waals surface area contributed by atoms with Crippen molar-refractivity contribution in [1.82, 2.24) is 10.2 Å². The van der Waals surface area contributed by atoms with Crippen molar-refractivity contribution in [3.63, 3.8) is 0 Å². The fourth-order valence-corrected chi connectivity index (χ4v) is 3.10. The average molecular weight is 514 g/mol. The summed E-state index contributed by atoms with van der Waals surface area (Å²) in [6, 6.07) is 17.0. The quantitative estimate of drug-likeness (QED) is 0.279. The maximum absolute atomic E-state index is 12.0. The number of guanidine groups is 1. The Bertz CT molecular complexity index is 777. The molecule has 1 fully saturated rings. The Kier molecular flexibility index (Phi) is 8.85. The van der Waals surface area contributed by atoms with Gasteiger partial charge in [0, 0.05) is 49.0 Å². The zero-order valence-electron chi connectivity index (χ0n) is 15.6. The molecule has 1 heterocycles. The zero-order chi connectivity index (χ0) is 19.1. The Hall–Kier alpha value is -2.00. The number of nitrogens with two attached hydrogens (primary N) is 1. The summed E-state index contributed by atoms with van der Waals surface area (Å²) >= 11 is 5.94. The molecule has 2 aromatic carbocycles. The monoisotopic (exact) mass is 513 g/mol. The van der Waals surface area contributed by atoms with E-state index in [2.05, 4.69) is 20.1 Å². The third-order valence-electron chi connectivity index (χ3n) is 4.50. The van der Waals surface area contributed by atoms with Crippen molar-refractivity contribution in [3.05, 3.63) is 65.2 Å². The van der Waals surface area contributed by atoms with E-state index >= 15 is 0 Å². The van der Waals surface area contributed by atoms with Gasteiger partial charge >= 0.3 is 0 Å². The van der Waals surface area contributed by atoms with Crippen LogP contribution in [0.5, 0.6) is 0 Å². The van der Waals surface area contributed by atoms with Crippen molar-refractivity contribution in [3.8, 4) is 0 Å². The highest BCUT2D eigenvalue weighted by Crippen LogP contribution is 2.19. The van der Waals surface area contributed by atoms with Gasteiger partial charge < -0.3 is 20.9 Å². The molecule has 0 unspecified atom stereocenters. The van der Waals surface area contributed by atoms with Crippen LogP contribution in [0.2, 0.25) is 5.02 Å². The lowest BCUT2D eigenvalue weighted by Crippen LogP contribution is -2.51. The smallest absolute Gasteiger partial charge is 0.251 e. The number of amides is 1. The minimum absolute atomic E-state index is 0. The summed E-state index contributed by atoms with van der Waals surface area (Å²) in [5.74, 6) is 0.431. The van der Waals surface area contributed by atoms with Crippen molar-refractivity contribution in [1.29, 1.82) is 0 Å². The van der Waals surface area contributed by atoms with E-state index in [-0.39, 0.29) is 29.9 Å². The third-order valence-corrected chi connectivity index (χ3v) is 4.75. The van der Waals surface area contributed by atoms with Crippen LogP contribution >= 0.6 is 35.6 Å². The highest BCUT2D eigenvalue weighted by molar-refractivity contribution is 14.0. The number of nitrogens with zero attached hydrogens (tertiary/aromatic N) is 3. The molecular formula is C20H25ClIN5O. The lowest BCUT2D eigenvalue weighted by molar-refractivity contribution is 0.0955. The van der Waals surface area contributed by atoms with Crippen molar-refractivity contribution in [2.24, 2.45) is 10.7 Å². The molecule has 0 atom stereocenters. The molecule has 2 aromatic rings. The number of benzene rings is 2. The molecule has 3 N–H and O–H groups in total. The predicted molar refractivity (Wildman–Crippen MR) is 126 cm³/mol. The Balaban J connectivity index is 0.00000280. The summed E-state index contributed by atoms with van der Waals surface area (Å²) in [5, 5.41) is 3.59. The number of hydrogen-bond donors (Lipinski definition) is 2. The highest BCUT2D eigenvalue weighted by atomic mass is 127. The van der Waals surface area contributed by atoms with Gasteiger partial charge in [-0.25, -0.2) is 0 Å². The van der Waals surface area contributed by atoms with Gasteiger partial charge in [0.05, 0.1) is 6.54 Å². The molecule has 0 bridgehead atoms. The van der Waals surface area contributed by atoms with Crippen LogP contribution in [0, 0.1) is 0 Å². The molecule has 0 radical (unpaired) electrons. The van der Waals surface area contributed by atoms with E-state index in [1.165, 1.54) is 0 Å². The standard InChI is InChI=1S/C20H24ClN5O.HI/c21-17-6-8-18(9-7-17)25-12-14-26(15-13-25)20(22)24-11-10-23-19(27)16-4-2-1-3-5-16;/h1-9H,10-15H2,(H2,22,24)(H,23,27);1H. The van der Waals surface area contributed by atoms with E-state index in [0.717, 1.165) is 36.9 Å². The summed E-state index contributed by atoms with van der Waals surface area (Å²) in [6.07, 6.45) is 0. The summed E-state index contributed by atoms with van der Waals surface area (Å²) in [4.78, 5) is 20.7. The maximum atomic E-state index is 12.0. The molecule has 8 heteroatoms. The van der Waals surface area contributed by atoms with E-state index in [0.29, 0.717) is 24.6 Å². The molecule has 0 aromatic heterocycles. The molecule has 0 spiro atoms. The highest BCUT2D eigenvalue weighted by Gasteiger charge is 2.18. The second kappa shape index (κ2) is 11.1. The first-order valence-corrected chi connectivity index (χ1v) is 9.40. The summed E-state index contributed by atoms with van der Waals surface area (Å²) < 4.78 is 0. The number of nitrogens with one attached hydrogen (secondary N) is 1. The van der Waals surface area contributed by atoms with E-state index in [1.54, 1.807) is 12.1 Å². The molecular weight excluding hydrogens is 489 g/mol. The average Bonchev–Trinajstić information content (AvgIpc) is 2.72. The Morgan fingerprint density at radius 3 is 2.32 bits per heavy atom. The first-order valence-electron chi connectivity index (χ1n) is 9.02. The first-order chi connectivity index (χ1) is 13.1. The molecule has 28 heavy (non-hydrogen) atoms. The van der Waals surface area contributed by atoms with E-state index in [4.69, 9.17) is 17.3 Å². The van der Waals surface area contributed by atoms with Crippen LogP contribution in [-0.2, 0) is 0 Å². The van der Waals surface area contributed by atoms with Crippen LogP contribution in [-0.4, -0.2) is 56.0 Å². The fraction of sp³-hybridized carbons (Fsp3) is 0.300. The van der Waals surface area contributed by atoms with Crippen molar-refractivity contribution in [2.75, 3.05) is 44.2 Å². The van der Waals surface area contributed by atoms with Crippen molar-refractivity contribution >= 4 is 53.1 Å². The molecule has 1 amide bonds. The Morgan fingerprint density at radius 1 is 1.04 bits per heavy atom. The first kappa shape index (κ1) is 22.3. The summed E-state index contributed by atoms with van der Waals surface area (Å²) in [6.45, 7) is 4.30. The van der Waals surface area contributed by atoms with Crippen molar-refractivity contribution in [2.45, 2.75) is 0 Å². The van der Waals surface area contributed by atoms with E-state index < -0.39 is 0 Å². The van der Waals surface area contributed by atoms with Crippen LogP contribution in [0.4, 0.5) is 5.69 Å². The number of aliphatic imine (C=N–C) groups is 1. The van der Waals surface area contributed by atoms with Gasteiger partial charge in [0.25, 0.3) is 5.91 Å². The molecule has 1 saturated heterocycles. The summed E-state index contributed by atoms with van der Waals surface area (Å²) in [7, 11) is 0. The fourth-order valence-electron chi connectivity index (χ4n) is 2.98. The largest absolute Gasteiger partial charge is 0.370 e. The number of rotatable bonds is 5. The number of halogens is 2. The van der Waals surface area contributed by atoms with Gasteiger partial charge in [-0.15, -0.1) is 24.0 Å². The predicted octanol–water partition coefficient (Wildman–Crippen LogP) is 2.82. The van der Waals surface area contributed by atoms with Gasteiger partial charge in [0.15, 0.2) is 5.96 Å². The van der Waals surface area contributed by atoms with Gasteiger partial charge in [-0.2, -0.15) is 0 Å². The second-order valence-electron chi connectivity index (χ2n) is 6.31. The Morgan fingerprint density at radius 2 is 1.68 bits per heavy atom. The molecule has 3 rings (SSSR count). The van der Waals surface area contributed by atoms with Crippen LogP contribution < -0.4 is 16.0 Å². The number of piperazine rings is 1. The number of hydrogen-bond acceptors (Lipinski definition) is 3. The minimum Gasteiger partial charge on any atom is -0.370 e. The molecule has 0 aliphatic carbocycles. The van der Waals surface area contributed by atoms with Gasteiger partial charge in [-0.1, -0.05) is 29.8 Å². The van der Waals surface area contributed by atoms with Gasteiger partial charge in [-0.3, -0.25) is 9.79 Å². The van der Waals surface area contributed by atoms with Crippen LogP contribution in [0.1, 0.15) is 10.4 Å². The number of carbonyl (C=O) groups is 1. The molecule has 1 aliphatic rings. The molecule has 6 nitrogen and oxygen atoms in total. The number of carbonyl (C=O) groups excluding carboxylic acids is 1.